The van der Waals surface area contributed by atoms with Crippen LogP contribution in [0.4, 0.5) is 5.82 Å². The van der Waals surface area contributed by atoms with Crippen molar-refractivity contribution in [3.05, 3.63) is 59.7 Å². The highest BCUT2D eigenvalue weighted by Gasteiger charge is 2.12. The number of nitrogens with zero attached hydrogens (tertiary/aromatic N) is 4. The Morgan fingerprint density at radius 2 is 2.00 bits per heavy atom. The third-order valence-corrected chi connectivity index (χ3v) is 4.43. The molecule has 3 aromatic rings. The van der Waals surface area contributed by atoms with E-state index in [-0.39, 0.29) is 12.7 Å². The number of hydrogen-bond acceptors (Lipinski definition) is 7. The third kappa shape index (κ3) is 4.57. The second kappa shape index (κ2) is 8.64. The zero-order valence-electron chi connectivity index (χ0n) is 16.8. The smallest absolute Gasteiger partial charge is 0.244 e. The average molecular weight is 406 g/mol. The van der Waals surface area contributed by atoms with Crippen molar-refractivity contribution in [2.45, 2.75) is 13.8 Å². The number of aromatic nitrogens is 4. The lowest BCUT2D eigenvalue weighted by atomic mass is 10.2. The van der Waals surface area contributed by atoms with Crippen LogP contribution in [-0.2, 0) is 4.79 Å². The van der Waals surface area contributed by atoms with Crippen LogP contribution in [0.2, 0.25) is 0 Å². The van der Waals surface area contributed by atoms with Crippen molar-refractivity contribution >= 4 is 17.8 Å². The van der Waals surface area contributed by atoms with Gasteiger partial charge in [-0.15, -0.1) is 0 Å². The summed E-state index contributed by atoms with van der Waals surface area (Å²) in [5, 5.41) is 10.4. The molecular weight excluding hydrogens is 384 g/mol. The minimum Gasteiger partial charge on any atom is -0.454 e. The molecule has 30 heavy (non-hydrogen) atoms. The van der Waals surface area contributed by atoms with Gasteiger partial charge in [-0.1, -0.05) is 6.07 Å². The minimum absolute atomic E-state index is 0.180. The van der Waals surface area contributed by atoms with Crippen molar-refractivity contribution in [1.29, 1.82) is 0 Å². The summed E-state index contributed by atoms with van der Waals surface area (Å²) in [6.07, 6.45) is 4.71. The van der Waals surface area contributed by atoms with Gasteiger partial charge in [0.15, 0.2) is 17.3 Å². The summed E-state index contributed by atoms with van der Waals surface area (Å²) < 4.78 is 12.4. The van der Waals surface area contributed by atoms with E-state index in [1.807, 2.05) is 44.2 Å². The third-order valence-electron chi connectivity index (χ3n) is 4.43. The van der Waals surface area contributed by atoms with Gasteiger partial charge in [0.2, 0.25) is 12.7 Å². The van der Waals surface area contributed by atoms with Gasteiger partial charge in [-0.25, -0.2) is 14.6 Å². The molecule has 9 heteroatoms. The molecule has 0 aliphatic carbocycles. The summed E-state index contributed by atoms with van der Waals surface area (Å²) >= 11 is 0. The summed E-state index contributed by atoms with van der Waals surface area (Å²) in [4.78, 5) is 20.5. The molecule has 0 fully saturated rings. The molecule has 154 valence electrons. The van der Waals surface area contributed by atoms with E-state index in [4.69, 9.17) is 9.47 Å². The molecule has 4 rings (SSSR count). The lowest BCUT2D eigenvalue weighted by Crippen LogP contribution is -2.27. The molecule has 0 unspecified atom stereocenters. The molecular formula is C21H22N6O3. The molecule has 1 aromatic carbocycles. The lowest BCUT2D eigenvalue weighted by Gasteiger charge is -2.08. The maximum atomic E-state index is 12.0. The van der Waals surface area contributed by atoms with E-state index >= 15 is 0 Å². The summed E-state index contributed by atoms with van der Waals surface area (Å²) in [6, 6.07) is 9.34. The number of carbonyl (C=O) groups is 1. The lowest BCUT2D eigenvalue weighted by molar-refractivity contribution is -0.116. The van der Waals surface area contributed by atoms with Crippen molar-refractivity contribution in [1.82, 2.24) is 25.1 Å². The second-order valence-electron chi connectivity index (χ2n) is 6.76. The van der Waals surface area contributed by atoms with Crippen LogP contribution in [-0.4, -0.2) is 45.5 Å². The van der Waals surface area contributed by atoms with Gasteiger partial charge in [-0.2, -0.15) is 5.10 Å². The molecule has 3 heterocycles. The minimum atomic E-state index is -0.180. The molecule has 2 aromatic heterocycles. The molecule has 2 N–H and O–H groups in total. The highest BCUT2D eigenvalue weighted by molar-refractivity contribution is 5.91. The van der Waals surface area contributed by atoms with Gasteiger partial charge in [0.05, 0.1) is 5.69 Å². The Labute approximate surface area is 173 Å². The van der Waals surface area contributed by atoms with E-state index in [0.717, 1.165) is 17.0 Å². The molecule has 0 saturated heterocycles. The maximum absolute atomic E-state index is 12.0. The molecule has 1 aliphatic heterocycles. The SMILES string of the molecule is Cc1cc(C)n(-c2cc(NCCNC(=O)/C=C/c3ccc4c(c3)OCO4)ncn2)n1. The number of rotatable bonds is 7. The number of nitrogens with one attached hydrogen (secondary N) is 2. The first-order valence-corrected chi connectivity index (χ1v) is 9.53. The Bertz CT molecular complexity index is 1090. The summed E-state index contributed by atoms with van der Waals surface area (Å²) in [5.41, 5.74) is 2.79. The number of carbonyl (C=O) groups excluding carboxylic acids is 1. The zero-order chi connectivity index (χ0) is 20.9. The van der Waals surface area contributed by atoms with Crippen LogP contribution in [0, 0.1) is 13.8 Å². The van der Waals surface area contributed by atoms with Crippen LogP contribution < -0.4 is 20.1 Å². The predicted molar refractivity (Wildman–Crippen MR) is 112 cm³/mol. The number of ether oxygens (including phenoxy) is 2. The fraction of sp³-hybridized carbons (Fsp3) is 0.238. The first-order valence-electron chi connectivity index (χ1n) is 9.53. The first-order chi connectivity index (χ1) is 14.6. The van der Waals surface area contributed by atoms with Gasteiger partial charge < -0.3 is 20.1 Å². The normalized spacial score (nSPS) is 12.3. The van der Waals surface area contributed by atoms with Gasteiger partial charge in [0.25, 0.3) is 0 Å². The number of fused-ring (bicyclic) bond motifs is 1. The quantitative estimate of drug-likeness (QED) is 0.458. The Morgan fingerprint density at radius 3 is 2.83 bits per heavy atom. The van der Waals surface area contributed by atoms with E-state index in [1.165, 1.54) is 12.4 Å². The summed E-state index contributed by atoms with van der Waals surface area (Å²) in [6.45, 7) is 5.11. The average Bonchev–Trinajstić information content (AvgIpc) is 3.35. The number of amides is 1. The zero-order valence-corrected chi connectivity index (χ0v) is 16.8. The number of hydrogen-bond donors (Lipinski definition) is 2. The number of aryl methyl sites for hydroxylation is 2. The van der Waals surface area contributed by atoms with E-state index in [0.29, 0.717) is 36.2 Å². The van der Waals surface area contributed by atoms with Crippen molar-refractivity contribution < 1.29 is 14.3 Å². The Hall–Kier alpha value is -3.88. The van der Waals surface area contributed by atoms with Crippen LogP contribution >= 0.6 is 0 Å². The molecule has 0 bridgehead atoms. The van der Waals surface area contributed by atoms with Gasteiger partial charge in [-0.3, -0.25) is 4.79 Å². The van der Waals surface area contributed by atoms with Crippen LogP contribution in [0.25, 0.3) is 11.9 Å². The van der Waals surface area contributed by atoms with Gasteiger partial charge in [0, 0.05) is 30.9 Å². The van der Waals surface area contributed by atoms with Crippen molar-refractivity contribution in [3.63, 3.8) is 0 Å². The van der Waals surface area contributed by atoms with Crippen LogP contribution in [0.3, 0.4) is 0 Å². The standard InChI is InChI=1S/C21H22N6O3/c1-14-9-15(2)27(26-14)20-11-19(24-12-25-20)22-7-8-23-21(28)6-4-16-3-5-17-18(10-16)30-13-29-17/h3-6,9-12H,7-8,13H2,1-2H3,(H,23,28)(H,22,24,25)/b6-4+. The van der Waals surface area contributed by atoms with E-state index in [1.54, 1.807) is 10.8 Å². The first kappa shape index (κ1) is 19.4. The highest BCUT2D eigenvalue weighted by atomic mass is 16.7. The largest absolute Gasteiger partial charge is 0.454 e. The van der Waals surface area contributed by atoms with E-state index in [9.17, 15) is 4.79 Å². The summed E-state index contributed by atoms with van der Waals surface area (Å²) in [5.74, 6) is 2.58. The van der Waals surface area contributed by atoms with E-state index < -0.39 is 0 Å². The molecule has 0 atom stereocenters. The molecule has 0 radical (unpaired) electrons. The Morgan fingerprint density at radius 1 is 1.13 bits per heavy atom. The fourth-order valence-electron chi connectivity index (χ4n) is 3.04. The molecule has 0 spiro atoms. The number of benzene rings is 1. The van der Waals surface area contributed by atoms with E-state index in [2.05, 4.69) is 25.7 Å². The maximum Gasteiger partial charge on any atom is 0.244 e. The molecule has 1 amide bonds. The summed E-state index contributed by atoms with van der Waals surface area (Å²) in [7, 11) is 0. The van der Waals surface area contributed by atoms with Crippen LogP contribution in [0.15, 0.2) is 42.7 Å². The fourth-order valence-corrected chi connectivity index (χ4v) is 3.04. The van der Waals surface area contributed by atoms with Crippen molar-refractivity contribution in [2.75, 3.05) is 25.2 Å². The Kier molecular flexibility index (Phi) is 5.60. The molecule has 9 nitrogen and oxygen atoms in total. The highest BCUT2D eigenvalue weighted by Crippen LogP contribution is 2.32. The van der Waals surface area contributed by atoms with Gasteiger partial charge >= 0.3 is 0 Å². The second-order valence-corrected chi connectivity index (χ2v) is 6.76. The Balaban J connectivity index is 1.25. The number of anilines is 1. The predicted octanol–water partition coefficient (Wildman–Crippen LogP) is 2.25. The van der Waals surface area contributed by atoms with Gasteiger partial charge in [-0.05, 0) is 43.7 Å². The van der Waals surface area contributed by atoms with Crippen molar-refractivity contribution in [2.24, 2.45) is 0 Å². The monoisotopic (exact) mass is 406 g/mol. The van der Waals surface area contributed by atoms with Crippen LogP contribution in [0.1, 0.15) is 17.0 Å². The molecule has 0 saturated carbocycles. The van der Waals surface area contributed by atoms with Crippen LogP contribution in [0.5, 0.6) is 11.5 Å². The topological polar surface area (TPSA) is 103 Å². The molecule has 1 aliphatic rings. The van der Waals surface area contributed by atoms with Gasteiger partial charge in [0.1, 0.15) is 12.1 Å². The van der Waals surface area contributed by atoms with Crippen molar-refractivity contribution in [3.8, 4) is 17.3 Å².